The fraction of sp³-hybridized carbons (Fsp3) is 0.533. The number of nitrogens with zero attached hydrogens (tertiary/aromatic N) is 1. The van der Waals surface area contributed by atoms with Crippen LogP contribution in [0, 0.1) is 15.5 Å². The zero-order valence-corrected chi connectivity index (χ0v) is 12.0. The number of nitro groups is 1. The van der Waals surface area contributed by atoms with E-state index in [1.54, 1.807) is 6.07 Å². The number of nitro benzene ring substituents is 1. The third kappa shape index (κ3) is 3.15. The van der Waals surface area contributed by atoms with E-state index in [-0.39, 0.29) is 11.4 Å². The fourth-order valence-electron chi connectivity index (χ4n) is 3.07. The van der Waals surface area contributed by atoms with Gasteiger partial charge in [0, 0.05) is 6.07 Å². The van der Waals surface area contributed by atoms with Gasteiger partial charge in [-0.15, -0.1) is 0 Å². The van der Waals surface area contributed by atoms with Gasteiger partial charge < -0.3 is 9.84 Å². The number of carbonyl (C=O) groups is 1. The van der Waals surface area contributed by atoms with Gasteiger partial charge in [0.1, 0.15) is 0 Å². The Morgan fingerprint density at radius 2 is 2.05 bits per heavy atom. The van der Waals surface area contributed by atoms with Gasteiger partial charge >= 0.3 is 11.7 Å². The summed E-state index contributed by atoms with van der Waals surface area (Å²) in [6.07, 6.45) is 4.42. The lowest BCUT2D eigenvalue weighted by atomic mass is 9.70. The highest BCUT2D eigenvalue weighted by molar-refractivity contribution is 5.75. The number of carboxylic acid groups (broad SMARTS) is 1. The molecule has 1 fully saturated rings. The number of hydrogen-bond donors (Lipinski definition) is 1. The highest BCUT2D eigenvalue weighted by Gasteiger charge is 2.39. The normalized spacial score (nSPS) is 17.2. The van der Waals surface area contributed by atoms with Gasteiger partial charge in [-0.05, 0) is 30.9 Å². The molecule has 6 nitrogen and oxygen atoms in total. The van der Waals surface area contributed by atoms with Crippen molar-refractivity contribution in [3.8, 4) is 5.75 Å². The number of benzene rings is 1. The van der Waals surface area contributed by atoms with Gasteiger partial charge in [0.05, 0.1) is 17.4 Å². The number of rotatable bonds is 5. The van der Waals surface area contributed by atoms with Gasteiger partial charge in [-0.1, -0.05) is 25.3 Å². The van der Waals surface area contributed by atoms with Crippen LogP contribution in [0.25, 0.3) is 0 Å². The highest BCUT2D eigenvalue weighted by atomic mass is 16.6. The first kappa shape index (κ1) is 15.3. The molecule has 0 radical (unpaired) electrons. The van der Waals surface area contributed by atoms with E-state index in [0.29, 0.717) is 24.8 Å². The monoisotopic (exact) mass is 293 g/mol. The SMILES string of the molecule is COc1ccc(CC2(C(=O)O)CCCCC2)cc1[N+](=O)[O-]. The summed E-state index contributed by atoms with van der Waals surface area (Å²) in [5.74, 6) is -0.613. The number of methoxy groups -OCH3 is 1. The standard InChI is InChI=1S/C15H19NO5/c1-21-13-6-5-11(9-12(13)16(19)20)10-15(14(17)18)7-3-2-4-8-15/h5-6,9H,2-4,7-8,10H2,1H3,(H,17,18). The maximum atomic E-state index is 11.7. The molecule has 0 aliphatic heterocycles. The van der Waals surface area contributed by atoms with Crippen LogP contribution in [-0.2, 0) is 11.2 Å². The third-order valence-corrected chi connectivity index (χ3v) is 4.25. The molecule has 21 heavy (non-hydrogen) atoms. The number of ether oxygens (including phenoxy) is 1. The van der Waals surface area contributed by atoms with Crippen molar-refractivity contribution < 1.29 is 19.6 Å². The molecule has 0 atom stereocenters. The lowest BCUT2D eigenvalue weighted by Crippen LogP contribution is -2.35. The highest BCUT2D eigenvalue weighted by Crippen LogP contribution is 2.40. The predicted molar refractivity (Wildman–Crippen MR) is 76.5 cm³/mol. The molecule has 0 unspecified atom stereocenters. The van der Waals surface area contributed by atoms with E-state index < -0.39 is 16.3 Å². The molecule has 0 bridgehead atoms. The molecule has 1 N–H and O–H groups in total. The Balaban J connectivity index is 2.31. The first-order chi connectivity index (χ1) is 9.98. The lowest BCUT2D eigenvalue weighted by molar-refractivity contribution is -0.385. The second kappa shape index (κ2) is 6.11. The molecular formula is C15H19NO5. The summed E-state index contributed by atoms with van der Waals surface area (Å²) in [6.45, 7) is 0. The van der Waals surface area contributed by atoms with E-state index in [9.17, 15) is 20.0 Å². The minimum absolute atomic E-state index is 0.119. The van der Waals surface area contributed by atoms with Gasteiger partial charge in [-0.2, -0.15) is 0 Å². The molecule has 0 amide bonds. The van der Waals surface area contributed by atoms with E-state index >= 15 is 0 Å². The predicted octanol–water partition coefficient (Wildman–Crippen LogP) is 3.18. The maximum absolute atomic E-state index is 11.7. The van der Waals surface area contributed by atoms with Crippen molar-refractivity contribution >= 4 is 11.7 Å². The molecule has 1 saturated carbocycles. The van der Waals surface area contributed by atoms with Crippen LogP contribution in [0.15, 0.2) is 18.2 Å². The molecule has 0 aromatic heterocycles. The van der Waals surface area contributed by atoms with Crippen molar-refractivity contribution in [2.45, 2.75) is 38.5 Å². The van der Waals surface area contributed by atoms with Gasteiger partial charge in [0.15, 0.2) is 5.75 Å². The van der Waals surface area contributed by atoms with Crippen molar-refractivity contribution in [3.05, 3.63) is 33.9 Å². The summed E-state index contributed by atoms with van der Waals surface area (Å²) in [5.41, 5.74) is -0.237. The first-order valence-corrected chi connectivity index (χ1v) is 7.03. The van der Waals surface area contributed by atoms with Crippen LogP contribution in [0.1, 0.15) is 37.7 Å². The van der Waals surface area contributed by atoms with E-state index in [1.807, 2.05) is 0 Å². The van der Waals surface area contributed by atoms with Crippen LogP contribution in [0.2, 0.25) is 0 Å². The largest absolute Gasteiger partial charge is 0.490 e. The molecule has 6 heteroatoms. The van der Waals surface area contributed by atoms with Crippen molar-refractivity contribution in [3.63, 3.8) is 0 Å². The molecule has 0 spiro atoms. The summed E-state index contributed by atoms with van der Waals surface area (Å²) in [5, 5.41) is 20.6. The second-order valence-electron chi connectivity index (χ2n) is 5.59. The minimum atomic E-state index is -0.805. The Bertz CT molecular complexity index is 549. The molecule has 1 aromatic rings. The molecule has 114 valence electrons. The molecule has 0 heterocycles. The Morgan fingerprint density at radius 1 is 1.38 bits per heavy atom. The van der Waals surface area contributed by atoms with Crippen LogP contribution in [-0.4, -0.2) is 23.1 Å². The summed E-state index contributed by atoms with van der Waals surface area (Å²) in [7, 11) is 1.38. The Hall–Kier alpha value is -2.11. The van der Waals surface area contributed by atoms with Gasteiger partial charge in [0.2, 0.25) is 0 Å². The summed E-state index contributed by atoms with van der Waals surface area (Å²) < 4.78 is 4.97. The van der Waals surface area contributed by atoms with Crippen LogP contribution in [0.4, 0.5) is 5.69 Å². The topological polar surface area (TPSA) is 89.7 Å². The van der Waals surface area contributed by atoms with Crippen molar-refractivity contribution in [1.82, 2.24) is 0 Å². The number of carboxylic acids is 1. The zero-order chi connectivity index (χ0) is 15.5. The average molecular weight is 293 g/mol. The zero-order valence-electron chi connectivity index (χ0n) is 12.0. The lowest BCUT2D eigenvalue weighted by Gasteiger charge is -2.33. The van der Waals surface area contributed by atoms with E-state index in [4.69, 9.17) is 4.74 Å². The second-order valence-corrected chi connectivity index (χ2v) is 5.59. The third-order valence-electron chi connectivity index (χ3n) is 4.25. The number of hydrogen-bond acceptors (Lipinski definition) is 4. The minimum Gasteiger partial charge on any atom is -0.490 e. The van der Waals surface area contributed by atoms with E-state index in [1.165, 1.54) is 19.2 Å². The van der Waals surface area contributed by atoms with Gasteiger partial charge in [0.25, 0.3) is 0 Å². The van der Waals surface area contributed by atoms with Gasteiger partial charge in [-0.25, -0.2) is 0 Å². The molecule has 1 aliphatic rings. The molecule has 0 saturated heterocycles. The van der Waals surface area contributed by atoms with Gasteiger partial charge in [-0.3, -0.25) is 14.9 Å². The first-order valence-electron chi connectivity index (χ1n) is 7.03. The summed E-state index contributed by atoms with van der Waals surface area (Å²) >= 11 is 0. The Kier molecular flexibility index (Phi) is 4.45. The average Bonchev–Trinajstić information content (AvgIpc) is 2.48. The van der Waals surface area contributed by atoms with E-state index in [2.05, 4.69) is 0 Å². The van der Waals surface area contributed by atoms with Crippen molar-refractivity contribution in [2.24, 2.45) is 5.41 Å². The Labute approximate surface area is 122 Å². The van der Waals surface area contributed by atoms with Crippen LogP contribution in [0.3, 0.4) is 0 Å². The molecular weight excluding hydrogens is 274 g/mol. The van der Waals surface area contributed by atoms with Crippen LogP contribution >= 0.6 is 0 Å². The fourth-order valence-corrected chi connectivity index (χ4v) is 3.07. The smallest absolute Gasteiger partial charge is 0.311 e. The van der Waals surface area contributed by atoms with Crippen molar-refractivity contribution in [1.29, 1.82) is 0 Å². The molecule has 1 aliphatic carbocycles. The molecule has 2 rings (SSSR count). The van der Waals surface area contributed by atoms with Crippen LogP contribution in [0.5, 0.6) is 5.75 Å². The van der Waals surface area contributed by atoms with Crippen molar-refractivity contribution in [2.75, 3.05) is 7.11 Å². The quantitative estimate of drug-likeness (QED) is 0.665. The van der Waals surface area contributed by atoms with Crippen LogP contribution < -0.4 is 4.74 Å². The summed E-state index contributed by atoms with van der Waals surface area (Å²) in [6, 6.07) is 4.68. The molecule has 1 aromatic carbocycles. The van der Waals surface area contributed by atoms with E-state index in [0.717, 1.165) is 19.3 Å². The number of aliphatic carboxylic acids is 1. The Morgan fingerprint density at radius 3 is 2.57 bits per heavy atom. The summed E-state index contributed by atoms with van der Waals surface area (Å²) in [4.78, 5) is 22.2. The maximum Gasteiger partial charge on any atom is 0.311 e.